The number of hydrogen-bond acceptors (Lipinski definition) is 2. The molecule has 0 aromatic carbocycles. The molecule has 0 aliphatic rings. The third-order valence-corrected chi connectivity index (χ3v) is 4.65. The van der Waals surface area contributed by atoms with E-state index in [1.165, 1.54) is 28.7 Å². The fourth-order valence-corrected chi connectivity index (χ4v) is 3.43. The van der Waals surface area contributed by atoms with Crippen molar-refractivity contribution >= 4 is 15.9 Å². The second-order valence-corrected chi connectivity index (χ2v) is 6.57. The van der Waals surface area contributed by atoms with Crippen LogP contribution < -0.4 is 5.32 Å². The highest BCUT2D eigenvalue weighted by atomic mass is 79.9. The number of halogens is 1. The van der Waals surface area contributed by atoms with Gasteiger partial charge in [0.1, 0.15) is 0 Å². The molecule has 2 unspecified atom stereocenters. The highest BCUT2D eigenvalue weighted by molar-refractivity contribution is 9.10. The van der Waals surface area contributed by atoms with Crippen molar-refractivity contribution in [3.63, 3.8) is 0 Å². The summed E-state index contributed by atoms with van der Waals surface area (Å²) in [6.07, 6.45) is 4.50. The molecule has 4 heteroatoms. The summed E-state index contributed by atoms with van der Waals surface area (Å²) in [5.74, 6) is 0.664. The summed E-state index contributed by atoms with van der Waals surface area (Å²) in [6, 6.07) is 0.590. The van der Waals surface area contributed by atoms with Gasteiger partial charge in [-0.25, -0.2) is 0 Å². The lowest BCUT2D eigenvalue weighted by Crippen LogP contribution is -2.29. The summed E-state index contributed by atoms with van der Waals surface area (Å²) < 4.78 is 3.38. The standard InChI is InChI=1S/C16H30BrN3/c1-6-9-18-13(5)10-12(4)11-15-16(17)14(7-2)19-20(15)8-3/h12-13,18H,6-11H2,1-5H3. The van der Waals surface area contributed by atoms with Crippen LogP contribution in [0, 0.1) is 5.92 Å². The number of aromatic nitrogens is 2. The van der Waals surface area contributed by atoms with E-state index in [1.54, 1.807) is 0 Å². The van der Waals surface area contributed by atoms with E-state index in [4.69, 9.17) is 0 Å². The van der Waals surface area contributed by atoms with E-state index in [2.05, 4.69) is 65.6 Å². The molecule has 0 spiro atoms. The zero-order valence-electron chi connectivity index (χ0n) is 13.7. The fraction of sp³-hybridized carbons (Fsp3) is 0.812. The first-order chi connectivity index (χ1) is 9.53. The maximum atomic E-state index is 4.68. The Morgan fingerprint density at radius 2 is 1.95 bits per heavy atom. The summed E-state index contributed by atoms with van der Waals surface area (Å²) in [4.78, 5) is 0. The second-order valence-electron chi connectivity index (χ2n) is 5.78. The predicted octanol–water partition coefficient (Wildman–Crippen LogP) is 4.18. The maximum absolute atomic E-state index is 4.68. The minimum atomic E-state index is 0.590. The Balaban J connectivity index is 2.65. The van der Waals surface area contributed by atoms with Crippen LogP contribution in [0.5, 0.6) is 0 Å². The number of hydrogen-bond donors (Lipinski definition) is 1. The molecule has 0 aliphatic carbocycles. The number of rotatable bonds is 9. The molecule has 1 rings (SSSR count). The molecule has 0 fully saturated rings. The van der Waals surface area contributed by atoms with Crippen LogP contribution in [-0.4, -0.2) is 22.4 Å². The van der Waals surface area contributed by atoms with E-state index >= 15 is 0 Å². The molecule has 116 valence electrons. The lowest BCUT2D eigenvalue weighted by Gasteiger charge is -2.19. The van der Waals surface area contributed by atoms with Crippen LogP contribution in [0.3, 0.4) is 0 Å². The van der Waals surface area contributed by atoms with Crippen molar-refractivity contribution in [3.05, 3.63) is 15.9 Å². The molecule has 0 radical (unpaired) electrons. The average molecular weight is 344 g/mol. The van der Waals surface area contributed by atoms with Gasteiger partial charge in [-0.15, -0.1) is 0 Å². The smallest absolute Gasteiger partial charge is 0.0766 e. The molecule has 2 atom stereocenters. The van der Waals surface area contributed by atoms with Crippen LogP contribution >= 0.6 is 15.9 Å². The summed E-state index contributed by atoms with van der Waals surface area (Å²) in [7, 11) is 0. The van der Waals surface area contributed by atoms with Gasteiger partial charge >= 0.3 is 0 Å². The summed E-state index contributed by atoms with van der Waals surface area (Å²) in [5.41, 5.74) is 2.55. The molecule has 1 N–H and O–H groups in total. The van der Waals surface area contributed by atoms with Crippen LogP contribution in [0.1, 0.15) is 58.8 Å². The van der Waals surface area contributed by atoms with E-state index in [-0.39, 0.29) is 0 Å². The number of nitrogens with zero attached hydrogens (tertiary/aromatic N) is 2. The zero-order valence-corrected chi connectivity index (χ0v) is 15.3. The van der Waals surface area contributed by atoms with Crippen molar-refractivity contribution in [1.82, 2.24) is 15.1 Å². The van der Waals surface area contributed by atoms with Crippen molar-refractivity contribution in [1.29, 1.82) is 0 Å². The SMILES string of the molecule is CCCNC(C)CC(C)Cc1c(Br)c(CC)nn1CC. The van der Waals surface area contributed by atoms with Crippen molar-refractivity contribution in [2.24, 2.45) is 5.92 Å². The molecule has 0 saturated heterocycles. The first kappa shape index (κ1) is 17.7. The van der Waals surface area contributed by atoms with Crippen LogP contribution in [0.4, 0.5) is 0 Å². The summed E-state index contributed by atoms with van der Waals surface area (Å²) in [5, 5.41) is 8.26. The monoisotopic (exact) mass is 343 g/mol. The molecule has 20 heavy (non-hydrogen) atoms. The van der Waals surface area contributed by atoms with Gasteiger partial charge in [0.05, 0.1) is 15.9 Å². The Labute approximate surface area is 132 Å². The number of aryl methyl sites for hydroxylation is 2. The molecule has 3 nitrogen and oxygen atoms in total. The van der Waals surface area contributed by atoms with Crippen molar-refractivity contribution < 1.29 is 0 Å². The second kappa shape index (κ2) is 8.83. The summed E-state index contributed by atoms with van der Waals surface area (Å²) >= 11 is 3.74. The van der Waals surface area contributed by atoms with Crippen LogP contribution in [0.15, 0.2) is 4.47 Å². The zero-order chi connectivity index (χ0) is 15.1. The van der Waals surface area contributed by atoms with Gasteiger partial charge in [-0.2, -0.15) is 5.10 Å². The first-order valence-electron chi connectivity index (χ1n) is 8.00. The van der Waals surface area contributed by atoms with Crippen molar-refractivity contribution in [3.8, 4) is 0 Å². The Kier molecular flexibility index (Phi) is 7.82. The molecule has 1 heterocycles. The Morgan fingerprint density at radius 1 is 1.25 bits per heavy atom. The maximum Gasteiger partial charge on any atom is 0.0766 e. The lowest BCUT2D eigenvalue weighted by molar-refractivity contribution is 0.410. The summed E-state index contributed by atoms with van der Waals surface area (Å²) in [6.45, 7) is 13.2. The van der Waals surface area contributed by atoms with Crippen LogP contribution in [0.25, 0.3) is 0 Å². The van der Waals surface area contributed by atoms with Crippen molar-refractivity contribution in [2.75, 3.05) is 6.54 Å². The van der Waals surface area contributed by atoms with Gasteiger partial charge < -0.3 is 5.32 Å². The highest BCUT2D eigenvalue weighted by Crippen LogP contribution is 2.26. The third kappa shape index (κ3) is 4.88. The minimum absolute atomic E-state index is 0.590. The van der Waals surface area contributed by atoms with Crippen molar-refractivity contribution in [2.45, 2.75) is 72.9 Å². The molecule has 0 bridgehead atoms. The molecular formula is C16H30BrN3. The van der Waals surface area contributed by atoms with Gasteiger partial charge in [0.2, 0.25) is 0 Å². The van der Waals surface area contributed by atoms with Gasteiger partial charge in [-0.05, 0) is 67.9 Å². The fourth-order valence-electron chi connectivity index (χ4n) is 2.70. The van der Waals surface area contributed by atoms with E-state index in [0.29, 0.717) is 12.0 Å². The lowest BCUT2D eigenvalue weighted by atomic mass is 9.97. The molecule has 1 aromatic heterocycles. The van der Waals surface area contributed by atoms with E-state index in [1.807, 2.05) is 0 Å². The van der Waals surface area contributed by atoms with Gasteiger partial charge in [-0.3, -0.25) is 4.68 Å². The van der Waals surface area contributed by atoms with Gasteiger partial charge in [0.25, 0.3) is 0 Å². The third-order valence-electron chi connectivity index (χ3n) is 3.73. The minimum Gasteiger partial charge on any atom is -0.314 e. The van der Waals surface area contributed by atoms with Crippen LogP contribution in [0.2, 0.25) is 0 Å². The molecule has 0 amide bonds. The van der Waals surface area contributed by atoms with Gasteiger partial charge in [0.15, 0.2) is 0 Å². The van der Waals surface area contributed by atoms with Gasteiger partial charge in [-0.1, -0.05) is 20.8 Å². The average Bonchev–Trinajstić information content (AvgIpc) is 2.72. The Hall–Kier alpha value is -0.350. The van der Waals surface area contributed by atoms with Gasteiger partial charge in [0, 0.05) is 12.6 Å². The van der Waals surface area contributed by atoms with E-state index in [0.717, 1.165) is 25.9 Å². The Morgan fingerprint density at radius 3 is 2.50 bits per heavy atom. The highest BCUT2D eigenvalue weighted by Gasteiger charge is 2.17. The van der Waals surface area contributed by atoms with Crippen LogP contribution in [-0.2, 0) is 19.4 Å². The quantitative estimate of drug-likeness (QED) is 0.728. The molecule has 0 saturated carbocycles. The normalized spacial score (nSPS) is 14.5. The predicted molar refractivity (Wildman–Crippen MR) is 90.2 cm³/mol. The molecule has 1 aromatic rings. The first-order valence-corrected chi connectivity index (χ1v) is 8.80. The number of nitrogens with one attached hydrogen (secondary N) is 1. The Bertz CT molecular complexity index is 401. The van der Waals surface area contributed by atoms with E-state index in [9.17, 15) is 0 Å². The van der Waals surface area contributed by atoms with E-state index < -0.39 is 0 Å². The molecular weight excluding hydrogens is 314 g/mol. The molecule has 0 aliphatic heterocycles. The topological polar surface area (TPSA) is 29.9 Å². The largest absolute Gasteiger partial charge is 0.314 e.